The predicted octanol–water partition coefficient (Wildman–Crippen LogP) is 4.96. The minimum atomic E-state index is -0.951. The van der Waals surface area contributed by atoms with Gasteiger partial charge in [0, 0.05) is 6.07 Å². The van der Waals surface area contributed by atoms with Crippen molar-refractivity contribution >= 4 is 0 Å². The van der Waals surface area contributed by atoms with Gasteiger partial charge in [-0.2, -0.15) is 0 Å². The molecule has 0 radical (unpaired) electrons. The zero-order chi connectivity index (χ0) is 25.0. The lowest BCUT2D eigenvalue weighted by Gasteiger charge is -2.32. The molecule has 4 atom stereocenters. The molecule has 3 aromatic rings. The summed E-state index contributed by atoms with van der Waals surface area (Å²) in [6.45, 7) is 0. The fraction of sp³-hybridized carbons (Fsp3) is 0.172. The van der Waals surface area contributed by atoms with Crippen LogP contribution in [0, 0.1) is 0 Å². The van der Waals surface area contributed by atoms with Crippen molar-refractivity contribution in [1.29, 1.82) is 0 Å². The maximum atomic E-state index is 11.0. The molecule has 0 spiro atoms. The second kappa shape index (κ2) is 8.39. The van der Waals surface area contributed by atoms with E-state index in [0.29, 0.717) is 29.1 Å². The van der Waals surface area contributed by atoms with Gasteiger partial charge in [0.15, 0.2) is 6.10 Å². The molecule has 7 heteroatoms. The Morgan fingerprint density at radius 3 is 1.83 bits per heavy atom. The molecule has 5 N–H and O–H groups in total. The zero-order valence-electron chi connectivity index (χ0n) is 19.1. The van der Waals surface area contributed by atoms with Crippen LogP contribution in [0.4, 0.5) is 0 Å². The van der Waals surface area contributed by atoms with E-state index in [0.717, 1.165) is 16.7 Å². The van der Waals surface area contributed by atoms with Crippen LogP contribution in [0.5, 0.6) is 23.0 Å². The molecular weight excluding hydrogens is 460 g/mol. The van der Waals surface area contributed by atoms with Crippen molar-refractivity contribution in [3.05, 3.63) is 118 Å². The third kappa shape index (κ3) is 3.74. The number of ether oxygens (including phenoxy) is 2. The summed E-state index contributed by atoms with van der Waals surface area (Å²) >= 11 is 0. The standard InChI is InChI=1S/C29H24O7/c30-18-5-1-15(2-6-18)27-24(34)14-23-25(35-27)10-9-22-26(17-11-20(32)13-21(33)12-17)28(36-29(22)23)16-3-7-19(31)8-4-16/h1-8,10-14,24,26-28,30-34H,9H2/t24-,26?,27+,28?/m0/s1. The Morgan fingerprint density at radius 1 is 0.639 bits per heavy atom. The van der Waals surface area contributed by atoms with Crippen molar-refractivity contribution in [2.75, 3.05) is 0 Å². The van der Waals surface area contributed by atoms with E-state index in [2.05, 4.69) is 0 Å². The first kappa shape index (κ1) is 22.1. The Hall–Kier alpha value is -4.36. The highest BCUT2D eigenvalue weighted by Crippen LogP contribution is 2.55. The molecule has 0 fully saturated rings. The lowest BCUT2D eigenvalue weighted by atomic mass is 9.80. The van der Waals surface area contributed by atoms with Crippen LogP contribution in [0.25, 0.3) is 0 Å². The molecule has 0 aromatic heterocycles. The molecule has 182 valence electrons. The number of hydrogen-bond donors (Lipinski definition) is 5. The van der Waals surface area contributed by atoms with Gasteiger partial charge in [-0.15, -0.1) is 0 Å². The third-order valence-corrected chi connectivity index (χ3v) is 6.86. The third-order valence-electron chi connectivity index (χ3n) is 6.86. The molecule has 7 nitrogen and oxygen atoms in total. The Labute approximate surface area is 207 Å². The van der Waals surface area contributed by atoms with Gasteiger partial charge in [-0.1, -0.05) is 24.3 Å². The van der Waals surface area contributed by atoms with Crippen molar-refractivity contribution < 1.29 is 35.0 Å². The summed E-state index contributed by atoms with van der Waals surface area (Å²) in [7, 11) is 0. The number of hydrogen-bond acceptors (Lipinski definition) is 7. The topological polar surface area (TPSA) is 120 Å². The summed E-state index contributed by atoms with van der Waals surface area (Å²) in [6.07, 6.45) is 2.11. The molecule has 3 aromatic carbocycles. The summed E-state index contributed by atoms with van der Waals surface area (Å²) < 4.78 is 12.7. The molecule has 2 unspecified atom stereocenters. The number of aromatic hydroxyl groups is 4. The summed E-state index contributed by atoms with van der Waals surface area (Å²) in [5.74, 6) is 1.04. The Morgan fingerprint density at radius 2 is 1.22 bits per heavy atom. The molecule has 0 saturated carbocycles. The van der Waals surface area contributed by atoms with Gasteiger partial charge in [0.2, 0.25) is 0 Å². The highest BCUT2D eigenvalue weighted by atomic mass is 16.5. The molecule has 36 heavy (non-hydrogen) atoms. The normalized spacial score (nSPS) is 24.7. The average molecular weight is 485 g/mol. The Bertz CT molecular complexity index is 1400. The summed E-state index contributed by atoms with van der Waals surface area (Å²) in [5.41, 5.74) is 3.82. The molecule has 3 aliphatic rings. The first-order valence-electron chi connectivity index (χ1n) is 11.7. The van der Waals surface area contributed by atoms with E-state index in [-0.39, 0.29) is 28.9 Å². The van der Waals surface area contributed by atoms with Gasteiger partial charge in [-0.3, -0.25) is 0 Å². The average Bonchev–Trinajstić information content (AvgIpc) is 3.24. The second-order valence-electron chi connectivity index (χ2n) is 9.22. The number of rotatable bonds is 3. The van der Waals surface area contributed by atoms with E-state index >= 15 is 0 Å². The maximum Gasteiger partial charge on any atom is 0.153 e. The Kier molecular flexibility index (Phi) is 5.16. The first-order chi connectivity index (χ1) is 17.4. The molecule has 2 heterocycles. The van der Waals surface area contributed by atoms with Gasteiger partial charge in [0.05, 0.1) is 11.5 Å². The van der Waals surface area contributed by atoms with Crippen molar-refractivity contribution in [2.24, 2.45) is 0 Å². The van der Waals surface area contributed by atoms with Gasteiger partial charge in [-0.05, 0) is 77.2 Å². The van der Waals surface area contributed by atoms with E-state index in [1.54, 1.807) is 66.7 Å². The number of aliphatic hydroxyl groups is 1. The number of phenolic OH excluding ortho intramolecular Hbond substituents is 4. The van der Waals surface area contributed by atoms with Crippen LogP contribution >= 0.6 is 0 Å². The molecule has 2 aliphatic heterocycles. The van der Waals surface area contributed by atoms with Gasteiger partial charge in [0.1, 0.15) is 46.7 Å². The number of aliphatic hydroxyl groups excluding tert-OH is 1. The lowest BCUT2D eigenvalue weighted by molar-refractivity contribution is 0.00924. The van der Waals surface area contributed by atoms with Crippen molar-refractivity contribution in [3.63, 3.8) is 0 Å². The van der Waals surface area contributed by atoms with Gasteiger partial charge >= 0.3 is 0 Å². The smallest absolute Gasteiger partial charge is 0.153 e. The highest BCUT2D eigenvalue weighted by Gasteiger charge is 2.44. The second-order valence-corrected chi connectivity index (χ2v) is 9.22. The molecule has 0 saturated heterocycles. The van der Waals surface area contributed by atoms with Crippen LogP contribution in [0.3, 0.4) is 0 Å². The predicted molar refractivity (Wildman–Crippen MR) is 130 cm³/mol. The van der Waals surface area contributed by atoms with E-state index < -0.39 is 18.3 Å². The minimum Gasteiger partial charge on any atom is -0.508 e. The SMILES string of the molecule is Oc1ccc(C2OC3=C(CC=C4O[C@H](c5ccc(O)cc5)[C@@H](O)C=C43)C2c2cc(O)cc(O)c2)cc1. The van der Waals surface area contributed by atoms with E-state index in [1.165, 1.54) is 6.07 Å². The van der Waals surface area contributed by atoms with Crippen molar-refractivity contribution in [2.45, 2.75) is 30.7 Å². The fourth-order valence-electron chi connectivity index (χ4n) is 5.24. The monoisotopic (exact) mass is 484 g/mol. The Balaban J connectivity index is 1.42. The maximum absolute atomic E-state index is 11.0. The van der Waals surface area contributed by atoms with Crippen LogP contribution in [0.15, 0.2) is 102 Å². The number of phenols is 4. The van der Waals surface area contributed by atoms with Crippen LogP contribution in [-0.2, 0) is 9.47 Å². The molecule has 6 rings (SSSR count). The largest absolute Gasteiger partial charge is 0.508 e. The quantitative estimate of drug-likeness (QED) is 0.356. The zero-order valence-corrected chi connectivity index (χ0v) is 19.1. The number of benzene rings is 3. The van der Waals surface area contributed by atoms with Crippen LogP contribution < -0.4 is 0 Å². The molecular formula is C29H24O7. The van der Waals surface area contributed by atoms with Gasteiger partial charge < -0.3 is 35.0 Å². The highest BCUT2D eigenvalue weighted by molar-refractivity contribution is 5.57. The molecule has 0 amide bonds. The van der Waals surface area contributed by atoms with E-state index in [1.807, 2.05) is 6.08 Å². The molecule has 1 aliphatic carbocycles. The number of fused-ring (bicyclic) bond motifs is 2. The van der Waals surface area contributed by atoms with E-state index in [9.17, 15) is 25.5 Å². The number of allylic oxidation sites excluding steroid dienone is 1. The van der Waals surface area contributed by atoms with Crippen LogP contribution in [0.2, 0.25) is 0 Å². The summed E-state index contributed by atoms with van der Waals surface area (Å²) in [5, 5.41) is 50.7. The van der Waals surface area contributed by atoms with Crippen LogP contribution in [-0.4, -0.2) is 31.6 Å². The summed E-state index contributed by atoms with van der Waals surface area (Å²) in [4.78, 5) is 0. The lowest BCUT2D eigenvalue weighted by Crippen LogP contribution is -2.26. The van der Waals surface area contributed by atoms with Gasteiger partial charge in [0.25, 0.3) is 0 Å². The van der Waals surface area contributed by atoms with Gasteiger partial charge in [-0.25, -0.2) is 0 Å². The first-order valence-corrected chi connectivity index (χ1v) is 11.7. The summed E-state index contributed by atoms with van der Waals surface area (Å²) in [6, 6.07) is 17.8. The van der Waals surface area contributed by atoms with Crippen molar-refractivity contribution in [1.82, 2.24) is 0 Å². The molecule has 0 bridgehead atoms. The van der Waals surface area contributed by atoms with Crippen molar-refractivity contribution in [3.8, 4) is 23.0 Å². The van der Waals surface area contributed by atoms with Crippen LogP contribution in [0.1, 0.15) is 41.2 Å². The minimum absolute atomic E-state index is 0.0528. The van der Waals surface area contributed by atoms with E-state index in [4.69, 9.17) is 9.47 Å². The fourth-order valence-corrected chi connectivity index (χ4v) is 5.24.